The van der Waals surface area contributed by atoms with Gasteiger partial charge in [-0.1, -0.05) is 19.1 Å². The van der Waals surface area contributed by atoms with Crippen molar-refractivity contribution in [1.82, 2.24) is 15.2 Å². The summed E-state index contributed by atoms with van der Waals surface area (Å²) >= 11 is 0. The van der Waals surface area contributed by atoms with Crippen molar-refractivity contribution in [3.63, 3.8) is 0 Å². The molecule has 1 aromatic heterocycles. The van der Waals surface area contributed by atoms with E-state index in [4.69, 9.17) is 4.74 Å². The first-order valence-electron chi connectivity index (χ1n) is 6.18. The van der Waals surface area contributed by atoms with E-state index in [1.165, 1.54) is 5.56 Å². The minimum absolute atomic E-state index is 0.221. The third kappa shape index (κ3) is 3.31. The normalized spacial score (nSPS) is 10.2. The highest BCUT2D eigenvalue weighted by Gasteiger charge is 2.09. The molecule has 1 heterocycles. The lowest BCUT2D eigenvalue weighted by Crippen LogP contribution is -2.13. The van der Waals surface area contributed by atoms with Gasteiger partial charge in [-0.15, -0.1) is 5.10 Å². The lowest BCUT2D eigenvalue weighted by Gasteiger charge is -2.02. The van der Waals surface area contributed by atoms with Crippen molar-refractivity contribution in [3.05, 3.63) is 35.4 Å². The first kappa shape index (κ1) is 13.1. The van der Waals surface area contributed by atoms with E-state index in [9.17, 15) is 4.79 Å². The number of rotatable bonds is 5. The Labute approximate surface area is 111 Å². The highest BCUT2D eigenvalue weighted by molar-refractivity contribution is 6.03. The number of hydrogen-bond donors (Lipinski definition) is 2. The lowest BCUT2D eigenvalue weighted by atomic mass is 10.1. The lowest BCUT2D eigenvalue weighted by molar-refractivity contribution is 0.102. The fraction of sp³-hybridized carbons (Fsp3) is 0.308. The van der Waals surface area contributed by atoms with Crippen LogP contribution in [-0.2, 0) is 6.42 Å². The first-order valence-corrected chi connectivity index (χ1v) is 6.18. The number of aryl methyl sites for hydroxylation is 1. The number of aromatic nitrogens is 3. The fourth-order valence-electron chi connectivity index (χ4n) is 1.57. The van der Waals surface area contributed by atoms with E-state index in [2.05, 4.69) is 27.4 Å². The van der Waals surface area contributed by atoms with Gasteiger partial charge in [-0.05, 0) is 31.0 Å². The maximum Gasteiger partial charge on any atom is 0.337 e. The van der Waals surface area contributed by atoms with Crippen LogP contribution in [0.1, 0.15) is 29.8 Å². The van der Waals surface area contributed by atoms with E-state index in [0.717, 1.165) is 6.42 Å². The first-order chi connectivity index (χ1) is 9.22. The van der Waals surface area contributed by atoms with E-state index in [0.29, 0.717) is 12.2 Å². The summed E-state index contributed by atoms with van der Waals surface area (Å²) in [6, 6.07) is 7.66. The Morgan fingerprint density at radius 3 is 2.68 bits per heavy atom. The zero-order chi connectivity index (χ0) is 13.7. The van der Waals surface area contributed by atoms with Crippen LogP contribution in [0.4, 0.5) is 5.95 Å². The van der Waals surface area contributed by atoms with Crippen molar-refractivity contribution in [2.45, 2.75) is 20.3 Å². The van der Waals surface area contributed by atoms with Gasteiger partial charge < -0.3 is 4.74 Å². The summed E-state index contributed by atoms with van der Waals surface area (Å²) in [5, 5.41) is 9.03. The summed E-state index contributed by atoms with van der Waals surface area (Å²) in [6.07, 6.45) is 0.946. The van der Waals surface area contributed by atoms with Gasteiger partial charge in [0.2, 0.25) is 5.95 Å². The van der Waals surface area contributed by atoms with Gasteiger partial charge in [0.25, 0.3) is 5.91 Å². The molecule has 1 aromatic carbocycles. The molecule has 2 N–H and O–H groups in total. The molecule has 0 spiro atoms. The van der Waals surface area contributed by atoms with Crippen LogP contribution in [0.15, 0.2) is 24.3 Å². The van der Waals surface area contributed by atoms with Gasteiger partial charge >= 0.3 is 6.01 Å². The van der Waals surface area contributed by atoms with Crippen LogP contribution in [0.5, 0.6) is 6.01 Å². The number of amides is 1. The number of H-pyrrole nitrogens is 1. The Morgan fingerprint density at radius 2 is 2.05 bits per heavy atom. The van der Waals surface area contributed by atoms with Crippen molar-refractivity contribution in [1.29, 1.82) is 0 Å². The molecule has 6 nitrogen and oxygen atoms in total. The van der Waals surface area contributed by atoms with Gasteiger partial charge in [0.15, 0.2) is 0 Å². The van der Waals surface area contributed by atoms with Crippen LogP contribution in [0.3, 0.4) is 0 Å². The Hall–Kier alpha value is -2.37. The average molecular weight is 260 g/mol. The molecule has 100 valence electrons. The molecule has 2 rings (SSSR count). The zero-order valence-electron chi connectivity index (χ0n) is 10.9. The summed E-state index contributed by atoms with van der Waals surface area (Å²) in [7, 11) is 0. The molecular formula is C13H16N4O2. The number of carbonyl (C=O) groups is 1. The van der Waals surface area contributed by atoms with Crippen molar-refractivity contribution in [3.8, 4) is 6.01 Å². The number of aromatic amines is 1. The van der Waals surface area contributed by atoms with E-state index in [1.54, 1.807) is 12.1 Å². The quantitative estimate of drug-likeness (QED) is 0.861. The third-order valence-electron chi connectivity index (χ3n) is 2.59. The molecular weight excluding hydrogens is 244 g/mol. The highest BCUT2D eigenvalue weighted by atomic mass is 16.5. The van der Waals surface area contributed by atoms with Crippen LogP contribution in [-0.4, -0.2) is 27.7 Å². The minimum Gasteiger partial charge on any atom is -0.463 e. The van der Waals surface area contributed by atoms with Crippen molar-refractivity contribution in [2.75, 3.05) is 11.9 Å². The molecule has 1 amide bonds. The Bertz CT molecular complexity index is 548. The largest absolute Gasteiger partial charge is 0.463 e. The van der Waals surface area contributed by atoms with E-state index >= 15 is 0 Å². The molecule has 0 radical (unpaired) electrons. The van der Waals surface area contributed by atoms with Crippen LogP contribution in [0.25, 0.3) is 0 Å². The van der Waals surface area contributed by atoms with Crippen molar-refractivity contribution >= 4 is 11.9 Å². The van der Waals surface area contributed by atoms with Crippen molar-refractivity contribution in [2.24, 2.45) is 0 Å². The predicted octanol–water partition coefficient (Wildman–Crippen LogP) is 2.02. The van der Waals surface area contributed by atoms with Gasteiger partial charge in [0, 0.05) is 5.56 Å². The standard InChI is InChI=1S/C13H16N4O2/c1-3-9-5-7-10(8-6-9)11(18)14-12-15-13(17-16-12)19-4-2/h5-8H,3-4H2,1-2H3,(H2,14,15,16,17,18). The van der Waals surface area contributed by atoms with Crippen molar-refractivity contribution < 1.29 is 9.53 Å². The second-order valence-corrected chi connectivity index (χ2v) is 3.90. The monoisotopic (exact) mass is 260 g/mol. The fourth-order valence-corrected chi connectivity index (χ4v) is 1.57. The van der Waals surface area contributed by atoms with E-state index in [-0.39, 0.29) is 17.9 Å². The van der Waals surface area contributed by atoms with Crippen LogP contribution in [0.2, 0.25) is 0 Å². The summed E-state index contributed by atoms with van der Waals surface area (Å²) in [5.41, 5.74) is 1.77. The average Bonchev–Trinajstić information content (AvgIpc) is 2.86. The molecule has 0 saturated carbocycles. The number of hydrogen-bond acceptors (Lipinski definition) is 4. The Morgan fingerprint density at radius 1 is 1.32 bits per heavy atom. The van der Waals surface area contributed by atoms with Gasteiger partial charge in [-0.3, -0.25) is 10.1 Å². The summed E-state index contributed by atoms with van der Waals surface area (Å²) in [4.78, 5) is 15.9. The second-order valence-electron chi connectivity index (χ2n) is 3.90. The third-order valence-corrected chi connectivity index (χ3v) is 2.59. The number of nitrogens with zero attached hydrogens (tertiary/aromatic N) is 2. The molecule has 0 aliphatic rings. The molecule has 0 aliphatic heterocycles. The van der Waals surface area contributed by atoms with Gasteiger partial charge in [-0.25, -0.2) is 5.10 Å². The van der Waals surface area contributed by atoms with E-state index in [1.807, 2.05) is 19.1 Å². The maximum absolute atomic E-state index is 11.9. The SMILES string of the molecule is CCOc1n[nH]c(NC(=O)c2ccc(CC)cc2)n1. The molecule has 2 aromatic rings. The second kappa shape index (κ2) is 5.99. The van der Waals surface area contributed by atoms with Gasteiger partial charge in [0.05, 0.1) is 6.61 Å². The molecule has 0 saturated heterocycles. The van der Waals surface area contributed by atoms with Crippen LogP contribution >= 0.6 is 0 Å². The molecule has 0 unspecified atom stereocenters. The molecule has 0 fully saturated rings. The molecule has 0 aliphatic carbocycles. The number of nitrogens with one attached hydrogen (secondary N) is 2. The maximum atomic E-state index is 11.9. The van der Waals surface area contributed by atoms with Crippen LogP contribution in [0, 0.1) is 0 Å². The molecule has 19 heavy (non-hydrogen) atoms. The zero-order valence-corrected chi connectivity index (χ0v) is 10.9. The number of carbonyl (C=O) groups excluding carboxylic acids is 1. The number of ether oxygens (including phenoxy) is 1. The summed E-state index contributed by atoms with van der Waals surface area (Å²) in [5.74, 6) is 0.0369. The molecule has 6 heteroatoms. The van der Waals surface area contributed by atoms with E-state index < -0.39 is 0 Å². The minimum atomic E-state index is -0.234. The van der Waals surface area contributed by atoms with Gasteiger partial charge in [0.1, 0.15) is 0 Å². The smallest absolute Gasteiger partial charge is 0.337 e. The molecule has 0 bridgehead atoms. The topological polar surface area (TPSA) is 79.9 Å². The Kier molecular flexibility index (Phi) is 4.12. The van der Waals surface area contributed by atoms with Gasteiger partial charge in [-0.2, -0.15) is 4.98 Å². The summed E-state index contributed by atoms with van der Waals surface area (Å²) < 4.78 is 5.10. The Balaban J connectivity index is 2.02. The predicted molar refractivity (Wildman–Crippen MR) is 71.3 cm³/mol. The number of benzene rings is 1. The highest BCUT2D eigenvalue weighted by Crippen LogP contribution is 2.09. The summed E-state index contributed by atoms with van der Waals surface area (Å²) in [6.45, 7) is 4.38. The molecule has 0 atom stereocenters. The number of anilines is 1. The van der Waals surface area contributed by atoms with Crippen LogP contribution < -0.4 is 10.1 Å².